The lowest BCUT2D eigenvalue weighted by Gasteiger charge is -2.36. The van der Waals surface area contributed by atoms with Gasteiger partial charge in [-0.2, -0.15) is 0 Å². The summed E-state index contributed by atoms with van der Waals surface area (Å²) in [7, 11) is -0.980. The Morgan fingerprint density at radius 1 is 0.848 bits per heavy atom. The second-order valence-electron chi connectivity index (χ2n) is 16.4. The van der Waals surface area contributed by atoms with Crippen LogP contribution in [0, 0.1) is 0 Å². The van der Waals surface area contributed by atoms with Crippen LogP contribution in [0.25, 0.3) is 11.1 Å². The third kappa shape index (κ3) is 14.9. The van der Waals surface area contributed by atoms with E-state index in [4.69, 9.17) is 21.1 Å². The first-order chi connectivity index (χ1) is 32.1. The topological polar surface area (TPSA) is 141 Å². The van der Waals surface area contributed by atoms with Crippen molar-refractivity contribution in [3.05, 3.63) is 143 Å². The molecule has 15 heteroatoms. The lowest BCUT2D eigenvalue weighted by atomic mass is 9.93. The minimum atomic E-state index is -4.34. The summed E-state index contributed by atoms with van der Waals surface area (Å²) in [6, 6.07) is 38.1. The maximum atomic E-state index is 13.9. The maximum absolute atomic E-state index is 13.9. The van der Waals surface area contributed by atoms with Crippen molar-refractivity contribution < 1.29 is 32.6 Å². The predicted octanol–water partition coefficient (Wildman–Crippen LogP) is 8.06. The molecule has 0 aliphatic carbocycles. The van der Waals surface area contributed by atoms with Gasteiger partial charge >= 0.3 is 0 Å². The van der Waals surface area contributed by atoms with Gasteiger partial charge in [-0.3, -0.25) is 14.6 Å². The van der Waals surface area contributed by atoms with E-state index in [9.17, 15) is 23.1 Å². The van der Waals surface area contributed by atoms with Gasteiger partial charge in [0.2, 0.25) is 0 Å². The second-order valence-corrected chi connectivity index (χ2v) is 19.6. The number of methoxy groups -OCH3 is 2. The minimum absolute atomic E-state index is 0.0655. The number of thioether (sulfide) groups is 1. The highest BCUT2D eigenvalue weighted by Crippen LogP contribution is 2.33. The van der Waals surface area contributed by atoms with Crippen LogP contribution < -0.4 is 14.9 Å². The number of hydrogen-bond donors (Lipinski definition) is 3. The summed E-state index contributed by atoms with van der Waals surface area (Å²) in [6.45, 7) is 7.22. The number of anilines is 2. The van der Waals surface area contributed by atoms with Crippen LogP contribution in [-0.4, -0.2) is 127 Å². The fraction of sp³-hybridized carbons (Fsp3) is 0.373. The van der Waals surface area contributed by atoms with Gasteiger partial charge in [-0.05, 0) is 102 Å². The van der Waals surface area contributed by atoms with Crippen LogP contribution >= 0.6 is 23.4 Å². The Hall–Kier alpha value is -4.77. The number of benzene rings is 5. The normalized spacial score (nSPS) is 14.2. The van der Waals surface area contributed by atoms with E-state index in [1.54, 1.807) is 44.2 Å². The molecule has 1 heterocycles. The van der Waals surface area contributed by atoms with E-state index >= 15 is 0 Å². The number of sulfonamides is 1. The van der Waals surface area contributed by atoms with E-state index in [0.29, 0.717) is 41.7 Å². The molecule has 1 amide bonds. The zero-order chi connectivity index (χ0) is 46.7. The van der Waals surface area contributed by atoms with Crippen molar-refractivity contribution in [3.63, 3.8) is 0 Å². The Morgan fingerprint density at radius 2 is 1.53 bits per heavy atom. The van der Waals surface area contributed by atoms with E-state index in [-0.39, 0.29) is 29.5 Å². The number of aliphatic hydroxyl groups excluding tert-OH is 1. The van der Waals surface area contributed by atoms with Gasteiger partial charge < -0.3 is 29.6 Å². The fourth-order valence-corrected chi connectivity index (χ4v) is 10.2. The molecule has 0 bridgehead atoms. The van der Waals surface area contributed by atoms with E-state index in [2.05, 4.69) is 61.1 Å². The minimum Gasteiger partial charge on any atom is -0.396 e. The van der Waals surface area contributed by atoms with Gasteiger partial charge in [0.05, 0.1) is 24.7 Å². The molecule has 352 valence electrons. The average Bonchev–Trinajstić information content (AvgIpc) is 3.34. The summed E-state index contributed by atoms with van der Waals surface area (Å²) >= 11 is 7.86. The Balaban J connectivity index is 1.12. The highest BCUT2D eigenvalue weighted by Gasteiger charge is 2.25. The van der Waals surface area contributed by atoms with Crippen LogP contribution in [0.4, 0.5) is 11.4 Å². The van der Waals surface area contributed by atoms with Crippen LogP contribution in [0.1, 0.15) is 46.7 Å². The molecule has 66 heavy (non-hydrogen) atoms. The number of amides is 1. The monoisotopic (exact) mass is 955 g/mol. The first-order valence-electron chi connectivity index (χ1n) is 22.4. The molecule has 0 radical (unpaired) electrons. The van der Waals surface area contributed by atoms with Crippen LogP contribution in [-0.2, 0) is 30.8 Å². The number of piperazine rings is 1. The van der Waals surface area contributed by atoms with Gasteiger partial charge in [-0.15, -0.1) is 11.8 Å². The highest BCUT2D eigenvalue weighted by molar-refractivity contribution is 7.99. The number of halogens is 1. The number of carbonyl (C=O) groups is 2. The van der Waals surface area contributed by atoms with Crippen LogP contribution in [0.2, 0.25) is 5.02 Å². The molecule has 6 rings (SSSR count). The van der Waals surface area contributed by atoms with Gasteiger partial charge in [-0.25, -0.2) is 13.1 Å². The first-order valence-corrected chi connectivity index (χ1v) is 25.3. The van der Waals surface area contributed by atoms with Crippen molar-refractivity contribution in [1.82, 2.24) is 14.5 Å². The quantitative estimate of drug-likeness (QED) is 0.0365. The highest BCUT2D eigenvalue weighted by atomic mass is 35.5. The summed E-state index contributed by atoms with van der Waals surface area (Å²) < 4.78 is 40.8. The smallest absolute Gasteiger partial charge is 0.264 e. The summed E-state index contributed by atoms with van der Waals surface area (Å²) in [5.41, 5.74) is 5.94. The number of rotatable bonds is 26. The second kappa shape index (κ2) is 26.0. The molecular weight excluding hydrogens is 894 g/mol. The van der Waals surface area contributed by atoms with Gasteiger partial charge in [0.15, 0.2) is 0 Å². The van der Waals surface area contributed by atoms with Gasteiger partial charge in [0.1, 0.15) is 6.29 Å². The molecular formula is C51H62ClN5O7S2. The van der Waals surface area contributed by atoms with Gasteiger partial charge in [0, 0.05) is 118 Å². The number of carbonyl (C=O) groups excluding carboxylic acids is 2. The van der Waals surface area contributed by atoms with Crippen molar-refractivity contribution in [2.75, 3.05) is 95.8 Å². The zero-order valence-corrected chi connectivity index (χ0v) is 40.2. The Bertz CT molecular complexity index is 2380. The SMILES string of the molecule is COCCN(CCOC)CC[C@H](CSc1ccccc1)Nc1ccc(S(=O)(=O)NC(=O)c2ccc(N3CCN(Cc4ccccc4-c4ccc(Cl)cc4)CC3)cc2)cc1C(CO)CCC=O. The number of nitrogens with zero attached hydrogens (tertiary/aromatic N) is 3. The molecule has 1 aliphatic rings. The molecule has 0 spiro atoms. The number of aliphatic hydroxyl groups is 1. The van der Waals surface area contributed by atoms with Crippen molar-refractivity contribution in [3.8, 4) is 11.1 Å². The van der Waals surface area contributed by atoms with Crippen molar-refractivity contribution >= 4 is 57.0 Å². The van der Waals surface area contributed by atoms with Gasteiger partial charge in [-0.1, -0.05) is 66.2 Å². The molecule has 0 saturated carbocycles. The molecule has 3 N–H and O–H groups in total. The molecule has 0 aromatic heterocycles. The van der Waals surface area contributed by atoms with Crippen molar-refractivity contribution in [2.45, 2.75) is 47.6 Å². The molecule has 1 fully saturated rings. The van der Waals surface area contributed by atoms with Crippen LogP contribution in [0.15, 0.2) is 131 Å². The Morgan fingerprint density at radius 3 is 2.20 bits per heavy atom. The lowest BCUT2D eigenvalue weighted by molar-refractivity contribution is -0.108. The number of aldehydes is 1. The van der Waals surface area contributed by atoms with Crippen LogP contribution in [0.3, 0.4) is 0 Å². The molecule has 1 aliphatic heterocycles. The zero-order valence-electron chi connectivity index (χ0n) is 37.8. The summed E-state index contributed by atoms with van der Waals surface area (Å²) in [5.74, 6) is -0.584. The molecule has 5 aromatic carbocycles. The fourth-order valence-electron chi connectivity index (χ4n) is 8.07. The molecule has 1 unspecified atom stereocenters. The summed E-state index contributed by atoms with van der Waals surface area (Å²) in [4.78, 5) is 33.0. The predicted molar refractivity (Wildman–Crippen MR) is 266 cm³/mol. The lowest BCUT2D eigenvalue weighted by Crippen LogP contribution is -2.46. The van der Waals surface area contributed by atoms with Gasteiger partial charge in [0.25, 0.3) is 15.9 Å². The van der Waals surface area contributed by atoms with Crippen molar-refractivity contribution in [2.24, 2.45) is 0 Å². The Labute approximate surface area is 399 Å². The molecule has 1 saturated heterocycles. The number of ether oxygens (including phenoxy) is 2. The third-order valence-electron chi connectivity index (χ3n) is 11.9. The van der Waals surface area contributed by atoms with E-state index in [1.165, 1.54) is 23.3 Å². The van der Waals surface area contributed by atoms with E-state index in [1.807, 2.05) is 54.6 Å². The first kappa shape index (κ1) is 50.6. The standard InChI is InChI=1S/C51H62ClN5O7S2/c1-63-33-30-55(31-34-64-2)25-24-44(38-65-46-11-4-3-5-12-46)53-50-23-22-47(35-49(50)42(37-59)10-8-32-58)66(61,62)54-51(60)40-16-20-45(21-17-40)57-28-26-56(27-29-57)36-41-9-6-7-13-48(41)39-14-18-43(52)19-15-39/h3-7,9,11-23,32,35,42,44,53,59H,8,10,24-31,33-34,36-38H2,1-2H3,(H,54,60)/t42?,44-/m1/s1. The molecule has 12 nitrogen and oxygen atoms in total. The van der Waals surface area contributed by atoms with E-state index in [0.717, 1.165) is 81.2 Å². The van der Waals surface area contributed by atoms with Crippen molar-refractivity contribution in [1.29, 1.82) is 0 Å². The van der Waals surface area contributed by atoms with E-state index < -0.39 is 21.8 Å². The Kier molecular flexibility index (Phi) is 19.9. The maximum Gasteiger partial charge on any atom is 0.264 e. The molecule has 2 atom stereocenters. The largest absolute Gasteiger partial charge is 0.396 e. The third-order valence-corrected chi connectivity index (χ3v) is 14.6. The molecule has 5 aromatic rings. The summed E-state index contributed by atoms with van der Waals surface area (Å²) in [6.07, 6.45) is 2.04. The van der Waals surface area contributed by atoms with Crippen LogP contribution in [0.5, 0.6) is 0 Å². The summed E-state index contributed by atoms with van der Waals surface area (Å²) in [5, 5.41) is 15.0. The number of nitrogens with one attached hydrogen (secondary N) is 2. The number of hydrogen-bond acceptors (Lipinski definition) is 12. The average molecular weight is 957 g/mol.